The first-order valence-corrected chi connectivity index (χ1v) is 8.23. The number of para-hydroxylation sites is 1. The highest BCUT2D eigenvalue weighted by atomic mass is 19.1. The second-order valence-corrected chi connectivity index (χ2v) is 6.32. The molecule has 2 aliphatic rings. The predicted molar refractivity (Wildman–Crippen MR) is 85.0 cm³/mol. The van der Waals surface area contributed by atoms with Crippen LogP contribution < -0.4 is 10.6 Å². The Morgan fingerprint density at radius 2 is 1.76 bits per heavy atom. The predicted octanol–water partition coefficient (Wildman–Crippen LogP) is 2.47. The van der Waals surface area contributed by atoms with Gasteiger partial charge in [-0.1, -0.05) is 25.0 Å². The number of hydrogen-bond donors (Lipinski definition) is 1. The molecule has 1 heterocycles. The average Bonchev–Trinajstić information content (AvgIpc) is 3.04. The van der Waals surface area contributed by atoms with Crippen molar-refractivity contribution in [3.63, 3.8) is 0 Å². The van der Waals surface area contributed by atoms with Gasteiger partial charge >= 0.3 is 0 Å². The standard InChI is InChI=1S/C17H26FN3/c18-15-7-3-4-8-16(15)20-9-11-21(12-10-20)17(13-19)14-5-1-2-6-14/h3-4,7-8,14,17H,1-2,5-6,9-13,19H2. The van der Waals surface area contributed by atoms with E-state index in [4.69, 9.17) is 5.73 Å². The molecular formula is C17H26FN3. The van der Waals surface area contributed by atoms with E-state index < -0.39 is 0 Å². The van der Waals surface area contributed by atoms with Gasteiger partial charge in [-0.2, -0.15) is 0 Å². The molecule has 4 heteroatoms. The van der Waals surface area contributed by atoms with Gasteiger partial charge in [0.25, 0.3) is 0 Å². The molecule has 0 bridgehead atoms. The number of halogens is 1. The maximum atomic E-state index is 13.9. The summed E-state index contributed by atoms with van der Waals surface area (Å²) >= 11 is 0. The van der Waals surface area contributed by atoms with E-state index in [9.17, 15) is 4.39 Å². The van der Waals surface area contributed by atoms with E-state index in [1.165, 1.54) is 25.7 Å². The molecule has 1 aliphatic carbocycles. The van der Waals surface area contributed by atoms with Gasteiger partial charge in [-0.05, 0) is 30.9 Å². The zero-order valence-electron chi connectivity index (χ0n) is 12.7. The van der Waals surface area contributed by atoms with Crippen molar-refractivity contribution in [3.8, 4) is 0 Å². The maximum Gasteiger partial charge on any atom is 0.146 e. The first-order valence-electron chi connectivity index (χ1n) is 8.23. The van der Waals surface area contributed by atoms with Gasteiger partial charge in [0.2, 0.25) is 0 Å². The van der Waals surface area contributed by atoms with Crippen LogP contribution in [0, 0.1) is 11.7 Å². The molecule has 3 rings (SSSR count). The van der Waals surface area contributed by atoms with E-state index in [0.29, 0.717) is 6.04 Å². The number of nitrogens with zero attached hydrogens (tertiary/aromatic N) is 2. The van der Waals surface area contributed by atoms with Crippen molar-refractivity contribution in [2.75, 3.05) is 37.6 Å². The molecule has 1 saturated heterocycles. The average molecular weight is 291 g/mol. The largest absolute Gasteiger partial charge is 0.367 e. The Morgan fingerprint density at radius 3 is 2.38 bits per heavy atom. The van der Waals surface area contributed by atoms with Gasteiger partial charge in [-0.25, -0.2) is 4.39 Å². The van der Waals surface area contributed by atoms with Crippen LogP contribution in [0.25, 0.3) is 0 Å². The summed E-state index contributed by atoms with van der Waals surface area (Å²) in [5, 5.41) is 0. The lowest BCUT2D eigenvalue weighted by atomic mass is 9.96. The van der Waals surface area contributed by atoms with Crippen molar-refractivity contribution >= 4 is 5.69 Å². The number of rotatable bonds is 4. The minimum Gasteiger partial charge on any atom is -0.367 e. The number of piperazine rings is 1. The molecule has 3 nitrogen and oxygen atoms in total. The third kappa shape index (κ3) is 3.22. The van der Waals surface area contributed by atoms with Gasteiger partial charge in [0, 0.05) is 38.8 Å². The molecule has 21 heavy (non-hydrogen) atoms. The fourth-order valence-corrected chi connectivity index (χ4v) is 3.98. The molecule has 1 aromatic rings. The molecule has 2 fully saturated rings. The highest BCUT2D eigenvalue weighted by molar-refractivity contribution is 5.48. The molecule has 0 aromatic heterocycles. The van der Waals surface area contributed by atoms with Crippen molar-refractivity contribution in [3.05, 3.63) is 30.1 Å². The normalized spacial score (nSPS) is 22.7. The van der Waals surface area contributed by atoms with Crippen LogP contribution in [0.15, 0.2) is 24.3 Å². The Morgan fingerprint density at radius 1 is 1.10 bits per heavy atom. The number of hydrogen-bond acceptors (Lipinski definition) is 3. The monoisotopic (exact) mass is 291 g/mol. The first kappa shape index (κ1) is 14.8. The van der Waals surface area contributed by atoms with Crippen LogP contribution in [-0.4, -0.2) is 43.7 Å². The minimum absolute atomic E-state index is 0.114. The summed E-state index contributed by atoms with van der Waals surface area (Å²) in [4.78, 5) is 4.70. The molecule has 2 N–H and O–H groups in total. The highest BCUT2D eigenvalue weighted by Gasteiger charge is 2.31. The van der Waals surface area contributed by atoms with E-state index in [1.807, 2.05) is 12.1 Å². The second-order valence-electron chi connectivity index (χ2n) is 6.32. The number of nitrogens with two attached hydrogens (primary N) is 1. The van der Waals surface area contributed by atoms with Gasteiger partial charge in [0.15, 0.2) is 0 Å². The molecule has 0 amide bonds. The van der Waals surface area contributed by atoms with E-state index in [0.717, 1.165) is 44.3 Å². The smallest absolute Gasteiger partial charge is 0.146 e. The van der Waals surface area contributed by atoms with Crippen LogP contribution in [0.3, 0.4) is 0 Å². The summed E-state index contributed by atoms with van der Waals surface area (Å²) in [6.45, 7) is 4.53. The number of benzene rings is 1. The zero-order chi connectivity index (χ0) is 14.7. The Bertz CT molecular complexity index is 451. The van der Waals surface area contributed by atoms with Crippen molar-refractivity contribution in [2.45, 2.75) is 31.7 Å². The molecule has 0 spiro atoms. The van der Waals surface area contributed by atoms with Crippen LogP contribution >= 0.6 is 0 Å². The molecule has 1 saturated carbocycles. The quantitative estimate of drug-likeness (QED) is 0.925. The van der Waals surface area contributed by atoms with Gasteiger partial charge in [0.1, 0.15) is 5.82 Å². The summed E-state index contributed by atoms with van der Waals surface area (Å²) in [7, 11) is 0. The fourth-order valence-electron chi connectivity index (χ4n) is 3.98. The van der Waals surface area contributed by atoms with Gasteiger partial charge < -0.3 is 10.6 Å². The Labute approximate surface area is 126 Å². The third-order valence-electron chi connectivity index (χ3n) is 5.16. The van der Waals surface area contributed by atoms with Gasteiger partial charge in [0.05, 0.1) is 5.69 Å². The lowest BCUT2D eigenvalue weighted by molar-refractivity contribution is 0.139. The maximum absolute atomic E-state index is 13.9. The SMILES string of the molecule is NCC(C1CCCC1)N1CCN(c2ccccc2F)CC1. The lowest BCUT2D eigenvalue weighted by Crippen LogP contribution is -2.54. The van der Waals surface area contributed by atoms with Crippen molar-refractivity contribution in [1.29, 1.82) is 0 Å². The van der Waals surface area contributed by atoms with Crippen LogP contribution in [0.1, 0.15) is 25.7 Å². The number of anilines is 1. The first-order chi connectivity index (χ1) is 10.3. The van der Waals surface area contributed by atoms with Crippen molar-refractivity contribution < 1.29 is 4.39 Å². The molecule has 1 aliphatic heterocycles. The van der Waals surface area contributed by atoms with E-state index in [1.54, 1.807) is 12.1 Å². The van der Waals surface area contributed by atoms with Crippen LogP contribution in [0.2, 0.25) is 0 Å². The minimum atomic E-state index is -0.114. The van der Waals surface area contributed by atoms with Gasteiger partial charge in [-0.3, -0.25) is 4.90 Å². The lowest BCUT2D eigenvalue weighted by Gasteiger charge is -2.42. The zero-order valence-corrected chi connectivity index (χ0v) is 12.7. The summed E-state index contributed by atoms with van der Waals surface area (Å²) in [5.74, 6) is 0.659. The molecule has 1 aromatic carbocycles. The third-order valence-corrected chi connectivity index (χ3v) is 5.16. The Balaban J connectivity index is 1.60. The van der Waals surface area contributed by atoms with Gasteiger partial charge in [-0.15, -0.1) is 0 Å². The van der Waals surface area contributed by atoms with Crippen LogP contribution in [0.5, 0.6) is 0 Å². The van der Waals surface area contributed by atoms with Crippen LogP contribution in [0.4, 0.5) is 10.1 Å². The summed E-state index contributed by atoms with van der Waals surface area (Å²) < 4.78 is 13.9. The second kappa shape index (κ2) is 6.75. The van der Waals surface area contributed by atoms with E-state index >= 15 is 0 Å². The summed E-state index contributed by atoms with van der Waals surface area (Å²) in [5.41, 5.74) is 6.78. The van der Waals surface area contributed by atoms with Crippen molar-refractivity contribution in [1.82, 2.24) is 4.90 Å². The highest BCUT2D eigenvalue weighted by Crippen LogP contribution is 2.31. The summed E-state index contributed by atoms with van der Waals surface area (Å²) in [6.07, 6.45) is 5.37. The van der Waals surface area contributed by atoms with E-state index in [-0.39, 0.29) is 5.82 Å². The molecule has 116 valence electrons. The fraction of sp³-hybridized carbons (Fsp3) is 0.647. The summed E-state index contributed by atoms with van der Waals surface area (Å²) in [6, 6.07) is 7.60. The van der Waals surface area contributed by atoms with E-state index in [2.05, 4.69) is 9.80 Å². The molecular weight excluding hydrogens is 265 g/mol. The van der Waals surface area contributed by atoms with Crippen molar-refractivity contribution in [2.24, 2.45) is 11.7 Å². The van der Waals surface area contributed by atoms with Crippen LogP contribution in [-0.2, 0) is 0 Å². The topological polar surface area (TPSA) is 32.5 Å². The molecule has 0 radical (unpaired) electrons. The Hall–Kier alpha value is -1.13. The Kier molecular flexibility index (Phi) is 4.76. The molecule has 1 unspecified atom stereocenters. The molecule has 1 atom stereocenters.